The molecule has 0 aliphatic heterocycles. The van der Waals surface area contributed by atoms with E-state index in [1.165, 1.54) is 12.1 Å². The van der Waals surface area contributed by atoms with Crippen LogP contribution in [-0.4, -0.2) is 21.2 Å². The molecule has 0 saturated heterocycles. The number of aromatic nitrogens is 2. The van der Waals surface area contributed by atoms with Crippen LogP contribution in [-0.2, 0) is 13.1 Å². The Balaban J connectivity index is 2.00. The van der Waals surface area contributed by atoms with E-state index >= 15 is 0 Å². The van der Waals surface area contributed by atoms with Gasteiger partial charge in [0.1, 0.15) is 5.82 Å². The summed E-state index contributed by atoms with van der Waals surface area (Å²) in [6.07, 6.45) is 0. The molecule has 7 nitrogen and oxygen atoms in total. The number of amidine groups is 1. The molecule has 0 atom stereocenters. The molecule has 2 rings (SSSR count). The Kier molecular flexibility index (Phi) is 4.26. The predicted molar refractivity (Wildman–Crippen MR) is 68.5 cm³/mol. The number of nitrogens with zero attached hydrogens (tertiary/aromatic N) is 3. The lowest BCUT2D eigenvalue weighted by Gasteiger charge is -2.06. The van der Waals surface area contributed by atoms with Crippen molar-refractivity contribution in [2.75, 3.05) is 0 Å². The summed E-state index contributed by atoms with van der Waals surface area (Å²) >= 11 is 0. The highest BCUT2D eigenvalue weighted by Gasteiger charge is 2.06. The van der Waals surface area contributed by atoms with Crippen LogP contribution in [0.2, 0.25) is 0 Å². The summed E-state index contributed by atoms with van der Waals surface area (Å²) in [5.41, 5.74) is 6.41. The maximum absolute atomic E-state index is 13.4. The van der Waals surface area contributed by atoms with Crippen LogP contribution in [0.25, 0.3) is 0 Å². The molecule has 0 unspecified atom stereocenters. The van der Waals surface area contributed by atoms with Crippen molar-refractivity contribution in [1.82, 2.24) is 15.5 Å². The number of nitrogens with two attached hydrogens (primary N) is 1. The van der Waals surface area contributed by atoms with Gasteiger partial charge in [-0.2, -0.15) is 4.98 Å². The van der Waals surface area contributed by atoms with Gasteiger partial charge in [0, 0.05) is 19.0 Å². The number of hydrogen-bond donors (Lipinski definition) is 3. The van der Waals surface area contributed by atoms with Gasteiger partial charge in [-0.25, -0.2) is 4.39 Å². The van der Waals surface area contributed by atoms with Gasteiger partial charge in [-0.05, 0) is 23.8 Å². The highest BCUT2D eigenvalue weighted by Crippen LogP contribution is 2.09. The second kappa shape index (κ2) is 6.11. The number of benzene rings is 1. The summed E-state index contributed by atoms with van der Waals surface area (Å²) in [6, 6.07) is 4.19. The Labute approximate surface area is 114 Å². The summed E-state index contributed by atoms with van der Waals surface area (Å²) in [4.78, 5) is 4.03. The minimum atomic E-state index is -0.457. The van der Waals surface area contributed by atoms with E-state index in [-0.39, 0.29) is 5.84 Å². The van der Waals surface area contributed by atoms with Crippen molar-refractivity contribution in [3.8, 4) is 0 Å². The Hall–Kier alpha value is -2.48. The van der Waals surface area contributed by atoms with Crippen molar-refractivity contribution in [3.63, 3.8) is 0 Å². The van der Waals surface area contributed by atoms with E-state index in [0.29, 0.717) is 35.9 Å². The van der Waals surface area contributed by atoms with E-state index in [1.54, 1.807) is 13.0 Å². The molecule has 0 fully saturated rings. The number of hydrogen-bond acceptors (Lipinski definition) is 6. The molecule has 0 bridgehead atoms. The summed E-state index contributed by atoms with van der Waals surface area (Å²) in [6.45, 7) is 2.48. The van der Waals surface area contributed by atoms with E-state index in [1.807, 2.05) is 0 Å². The average molecular weight is 279 g/mol. The molecule has 2 aromatic rings. The van der Waals surface area contributed by atoms with Crippen LogP contribution < -0.4 is 11.1 Å². The van der Waals surface area contributed by atoms with Crippen molar-refractivity contribution < 1.29 is 14.1 Å². The summed E-state index contributed by atoms with van der Waals surface area (Å²) in [7, 11) is 0. The van der Waals surface area contributed by atoms with Gasteiger partial charge in [0.25, 0.3) is 0 Å². The maximum Gasteiger partial charge on any atom is 0.223 e. The smallest absolute Gasteiger partial charge is 0.223 e. The van der Waals surface area contributed by atoms with Crippen LogP contribution in [0.1, 0.15) is 22.8 Å². The van der Waals surface area contributed by atoms with Crippen molar-refractivity contribution in [2.45, 2.75) is 20.0 Å². The highest BCUT2D eigenvalue weighted by molar-refractivity contribution is 5.97. The van der Waals surface area contributed by atoms with Gasteiger partial charge in [0.15, 0.2) is 11.7 Å². The lowest BCUT2D eigenvalue weighted by molar-refractivity contribution is 0.318. The molecule has 1 heterocycles. The first-order valence-corrected chi connectivity index (χ1v) is 5.86. The lowest BCUT2D eigenvalue weighted by Crippen LogP contribution is -2.16. The molecule has 8 heteroatoms. The normalized spacial score (nSPS) is 11.8. The topological polar surface area (TPSA) is 110 Å². The minimum absolute atomic E-state index is 0.139. The first kappa shape index (κ1) is 13.9. The number of nitrogens with one attached hydrogen (secondary N) is 1. The molecule has 0 amide bonds. The number of oxime groups is 1. The first-order valence-electron chi connectivity index (χ1n) is 5.86. The Morgan fingerprint density at radius 1 is 1.45 bits per heavy atom. The second-order valence-corrected chi connectivity index (χ2v) is 4.17. The molecule has 0 saturated carbocycles. The fourth-order valence-electron chi connectivity index (χ4n) is 1.69. The number of rotatable bonds is 5. The van der Waals surface area contributed by atoms with Crippen LogP contribution >= 0.6 is 0 Å². The zero-order valence-corrected chi connectivity index (χ0v) is 10.8. The number of halogens is 1. The SMILES string of the molecule is Cc1nc(CNCc2cc(F)cc(/C(N)=N/O)c2)no1. The van der Waals surface area contributed by atoms with Gasteiger partial charge in [0.2, 0.25) is 5.89 Å². The monoisotopic (exact) mass is 279 g/mol. The van der Waals surface area contributed by atoms with Crippen LogP contribution in [0.4, 0.5) is 4.39 Å². The van der Waals surface area contributed by atoms with Crippen molar-refractivity contribution in [3.05, 3.63) is 46.9 Å². The Morgan fingerprint density at radius 2 is 2.25 bits per heavy atom. The third-order valence-corrected chi connectivity index (χ3v) is 2.54. The molecule has 20 heavy (non-hydrogen) atoms. The third kappa shape index (κ3) is 3.51. The standard InChI is InChI=1S/C12H14FN5O2/c1-7-16-11(18-20-7)6-15-5-8-2-9(12(14)17-19)4-10(13)3-8/h2-4,15,19H,5-6H2,1H3,(H2,14,17). The largest absolute Gasteiger partial charge is 0.409 e. The highest BCUT2D eigenvalue weighted by atomic mass is 19.1. The summed E-state index contributed by atoms with van der Waals surface area (Å²) in [5, 5.41) is 18.2. The predicted octanol–water partition coefficient (Wildman–Crippen LogP) is 0.901. The van der Waals surface area contributed by atoms with E-state index in [0.717, 1.165) is 0 Å². The molecule has 4 N–H and O–H groups in total. The molecule has 1 aromatic heterocycles. The maximum atomic E-state index is 13.4. The second-order valence-electron chi connectivity index (χ2n) is 4.17. The van der Waals surface area contributed by atoms with Crippen molar-refractivity contribution in [1.29, 1.82) is 0 Å². The Morgan fingerprint density at radius 3 is 2.90 bits per heavy atom. The van der Waals surface area contributed by atoms with E-state index in [4.69, 9.17) is 15.5 Å². The average Bonchev–Trinajstić information content (AvgIpc) is 2.83. The van der Waals surface area contributed by atoms with Crippen LogP contribution in [0.3, 0.4) is 0 Å². The fraction of sp³-hybridized carbons (Fsp3) is 0.250. The van der Waals surface area contributed by atoms with E-state index in [2.05, 4.69) is 20.6 Å². The lowest BCUT2D eigenvalue weighted by atomic mass is 10.1. The molecule has 0 aliphatic rings. The first-order chi connectivity index (χ1) is 9.58. The number of aryl methyl sites for hydroxylation is 1. The van der Waals surface area contributed by atoms with Gasteiger partial charge in [-0.3, -0.25) is 0 Å². The molecule has 0 spiro atoms. The molecule has 0 aliphatic carbocycles. The summed E-state index contributed by atoms with van der Waals surface area (Å²) < 4.78 is 18.2. The molecule has 106 valence electrons. The van der Waals surface area contributed by atoms with Crippen molar-refractivity contribution in [2.24, 2.45) is 10.9 Å². The van der Waals surface area contributed by atoms with E-state index < -0.39 is 5.82 Å². The zero-order valence-electron chi connectivity index (χ0n) is 10.8. The summed E-state index contributed by atoms with van der Waals surface area (Å²) in [5.74, 6) is 0.415. The Bertz CT molecular complexity index is 626. The van der Waals surface area contributed by atoms with Gasteiger partial charge in [0.05, 0.1) is 6.54 Å². The minimum Gasteiger partial charge on any atom is -0.409 e. The fourth-order valence-corrected chi connectivity index (χ4v) is 1.69. The van der Waals surface area contributed by atoms with Crippen LogP contribution in [0, 0.1) is 12.7 Å². The molecule has 0 radical (unpaired) electrons. The van der Waals surface area contributed by atoms with Gasteiger partial charge < -0.3 is 20.8 Å². The van der Waals surface area contributed by atoms with Crippen LogP contribution in [0.5, 0.6) is 0 Å². The molecular weight excluding hydrogens is 265 g/mol. The third-order valence-electron chi connectivity index (χ3n) is 2.54. The quantitative estimate of drug-likeness (QED) is 0.325. The molecular formula is C12H14FN5O2. The van der Waals surface area contributed by atoms with Gasteiger partial charge >= 0.3 is 0 Å². The zero-order chi connectivity index (χ0) is 14.5. The van der Waals surface area contributed by atoms with Gasteiger partial charge in [-0.15, -0.1) is 0 Å². The van der Waals surface area contributed by atoms with Crippen molar-refractivity contribution >= 4 is 5.84 Å². The molecule has 1 aromatic carbocycles. The van der Waals surface area contributed by atoms with Gasteiger partial charge in [-0.1, -0.05) is 10.3 Å². The van der Waals surface area contributed by atoms with Crippen LogP contribution in [0.15, 0.2) is 27.9 Å². The van der Waals surface area contributed by atoms with E-state index in [9.17, 15) is 4.39 Å².